The van der Waals surface area contributed by atoms with Gasteiger partial charge in [0.15, 0.2) is 0 Å². The van der Waals surface area contributed by atoms with E-state index in [9.17, 15) is 4.79 Å². The second-order valence-electron chi connectivity index (χ2n) is 7.80. The summed E-state index contributed by atoms with van der Waals surface area (Å²) in [5.41, 5.74) is 0. The molecular weight excluding hydrogens is 292 g/mol. The number of hydrogen-bond acceptors (Lipinski definition) is 4. The van der Waals surface area contributed by atoms with E-state index in [4.69, 9.17) is 9.47 Å². The van der Waals surface area contributed by atoms with Crippen LogP contribution in [0.3, 0.4) is 0 Å². The van der Waals surface area contributed by atoms with Gasteiger partial charge in [-0.2, -0.15) is 0 Å². The van der Waals surface area contributed by atoms with Crippen molar-refractivity contribution in [2.24, 2.45) is 11.8 Å². The molecule has 3 fully saturated rings. The van der Waals surface area contributed by atoms with Gasteiger partial charge in [-0.05, 0) is 44.4 Å². The van der Waals surface area contributed by atoms with Crippen LogP contribution in [0.1, 0.15) is 52.4 Å². The highest BCUT2D eigenvalue weighted by molar-refractivity contribution is 5.67. The third kappa shape index (κ3) is 4.38. The molecule has 0 aromatic carbocycles. The lowest BCUT2D eigenvalue weighted by atomic mass is 9.81. The molecule has 5 heteroatoms. The van der Waals surface area contributed by atoms with E-state index in [1.165, 1.54) is 25.7 Å². The Balaban J connectivity index is 1.41. The molecule has 0 aromatic heterocycles. The molecule has 23 heavy (non-hydrogen) atoms. The first-order chi connectivity index (χ1) is 11.1. The van der Waals surface area contributed by atoms with Crippen LogP contribution >= 0.6 is 0 Å². The molecule has 2 saturated heterocycles. The van der Waals surface area contributed by atoms with Crippen LogP contribution < -0.4 is 5.32 Å². The number of likely N-dealkylation sites (tertiary alicyclic amines) is 1. The maximum absolute atomic E-state index is 12.0. The second-order valence-corrected chi connectivity index (χ2v) is 7.80. The van der Waals surface area contributed by atoms with Gasteiger partial charge in [0, 0.05) is 37.7 Å². The lowest BCUT2D eigenvalue weighted by molar-refractivity contribution is 0.0472. The predicted octanol–water partition coefficient (Wildman–Crippen LogP) is 2.79. The van der Waals surface area contributed by atoms with Crippen molar-refractivity contribution in [1.82, 2.24) is 10.2 Å². The summed E-state index contributed by atoms with van der Waals surface area (Å²) in [6.45, 7) is 7.20. The zero-order valence-electron chi connectivity index (χ0n) is 14.6. The number of hydrogen-bond donors (Lipinski definition) is 1. The highest BCUT2D eigenvalue weighted by Crippen LogP contribution is 2.35. The van der Waals surface area contributed by atoms with Gasteiger partial charge in [0.25, 0.3) is 0 Å². The van der Waals surface area contributed by atoms with Gasteiger partial charge in [0.2, 0.25) is 0 Å². The molecular formula is C18H32N2O3. The first-order valence-corrected chi connectivity index (χ1v) is 9.43. The number of rotatable bonds is 4. The summed E-state index contributed by atoms with van der Waals surface area (Å²) in [6.07, 6.45) is 7.43. The molecule has 3 atom stereocenters. The van der Waals surface area contributed by atoms with E-state index in [0.717, 1.165) is 32.5 Å². The van der Waals surface area contributed by atoms with Crippen molar-refractivity contribution < 1.29 is 14.3 Å². The number of carbonyl (C=O) groups is 1. The van der Waals surface area contributed by atoms with Gasteiger partial charge in [-0.25, -0.2) is 4.79 Å². The minimum atomic E-state index is -0.140. The maximum Gasteiger partial charge on any atom is 0.409 e. The average molecular weight is 324 g/mol. The summed E-state index contributed by atoms with van der Waals surface area (Å²) in [5, 5.41) is 3.88. The lowest BCUT2D eigenvalue weighted by Crippen LogP contribution is -2.51. The molecule has 3 rings (SSSR count). The number of ether oxygens (including phenoxy) is 2. The maximum atomic E-state index is 12.0. The molecule has 0 unspecified atom stereocenters. The van der Waals surface area contributed by atoms with Crippen LogP contribution in [0.25, 0.3) is 0 Å². The molecule has 1 N–H and O–H groups in total. The Kier molecular flexibility index (Phi) is 5.81. The molecule has 1 amide bonds. The molecule has 2 aliphatic heterocycles. The monoisotopic (exact) mass is 324 g/mol. The van der Waals surface area contributed by atoms with Crippen molar-refractivity contribution >= 4 is 6.09 Å². The second kappa shape index (κ2) is 7.84. The highest BCUT2D eigenvalue weighted by Gasteiger charge is 2.38. The summed E-state index contributed by atoms with van der Waals surface area (Å²) >= 11 is 0. The molecule has 2 heterocycles. The molecule has 0 aromatic rings. The Morgan fingerprint density at radius 1 is 1.22 bits per heavy atom. The van der Waals surface area contributed by atoms with E-state index in [-0.39, 0.29) is 6.09 Å². The third-order valence-electron chi connectivity index (χ3n) is 5.52. The SMILES string of the molecule is CC(C)COC(=O)N1CCC(N[C@@H]2CCC[C@H]3OCC[C@@H]23)CC1. The van der Waals surface area contributed by atoms with Crippen LogP contribution in [0.5, 0.6) is 0 Å². The molecule has 5 nitrogen and oxygen atoms in total. The summed E-state index contributed by atoms with van der Waals surface area (Å²) in [4.78, 5) is 13.9. The number of nitrogens with zero attached hydrogens (tertiary/aromatic N) is 1. The van der Waals surface area contributed by atoms with Gasteiger partial charge in [0.05, 0.1) is 12.7 Å². The normalized spacial score (nSPS) is 32.1. The summed E-state index contributed by atoms with van der Waals surface area (Å²) in [5.74, 6) is 1.10. The topological polar surface area (TPSA) is 50.8 Å². The number of fused-ring (bicyclic) bond motifs is 1. The zero-order valence-corrected chi connectivity index (χ0v) is 14.6. The third-order valence-corrected chi connectivity index (χ3v) is 5.52. The average Bonchev–Trinajstić information content (AvgIpc) is 3.03. The standard InChI is InChI=1S/C18H32N2O3/c1-13(2)12-23-18(21)20-9-6-14(7-10-20)19-16-4-3-5-17-15(16)8-11-22-17/h13-17,19H,3-12H2,1-2H3/t15-,16+,17+/m0/s1. The fourth-order valence-electron chi connectivity index (χ4n) is 4.24. The van der Waals surface area contributed by atoms with Crippen LogP contribution in [0, 0.1) is 11.8 Å². The Morgan fingerprint density at radius 2 is 2.00 bits per heavy atom. The molecule has 0 radical (unpaired) electrons. The van der Waals surface area contributed by atoms with Crippen molar-refractivity contribution in [1.29, 1.82) is 0 Å². The van der Waals surface area contributed by atoms with E-state index in [0.29, 0.717) is 36.6 Å². The quantitative estimate of drug-likeness (QED) is 0.864. The van der Waals surface area contributed by atoms with Crippen LogP contribution in [0.2, 0.25) is 0 Å². The Labute approximate surface area is 140 Å². The smallest absolute Gasteiger partial charge is 0.409 e. The largest absolute Gasteiger partial charge is 0.449 e. The molecule has 1 aliphatic carbocycles. The van der Waals surface area contributed by atoms with E-state index in [1.54, 1.807) is 0 Å². The summed E-state index contributed by atoms with van der Waals surface area (Å²) in [6, 6.07) is 1.15. The van der Waals surface area contributed by atoms with E-state index in [1.807, 2.05) is 4.90 Å². The molecule has 3 aliphatic rings. The minimum Gasteiger partial charge on any atom is -0.449 e. The van der Waals surface area contributed by atoms with Crippen LogP contribution in [0.4, 0.5) is 4.79 Å². The lowest BCUT2D eigenvalue weighted by Gasteiger charge is -2.39. The Morgan fingerprint density at radius 3 is 2.74 bits per heavy atom. The van der Waals surface area contributed by atoms with Crippen molar-refractivity contribution in [3.05, 3.63) is 0 Å². The number of nitrogens with one attached hydrogen (secondary N) is 1. The van der Waals surface area contributed by atoms with Gasteiger partial charge < -0.3 is 19.7 Å². The van der Waals surface area contributed by atoms with Gasteiger partial charge in [-0.15, -0.1) is 0 Å². The van der Waals surface area contributed by atoms with Crippen molar-refractivity contribution in [3.63, 3.8) is 0 Å². The van der Waals surface area contributed by atoms with Crippen LogP contribution in [-0.4, -0.2) is 55.5 Å². The van der Waals surface area contributed by atoms with E-state index >= 15 is 0 Å². The van der Waals surface area contributed by atoms with Crippen molar-refractivity contribution in [3.8, 4) is 0 Å². The first-order valence-electron chi connectivity index (χ1n) is 9.43. The van der Waals surface area contributed by atoms with E-state index in [2.05, 4.69) is 19.2 Å². The van der Waals surface area contributed by atoms with E-state index < -0.39 is 0 Å². The first kappa shape index (κ1) is 17.0. The van der Waals surface area contributed by atoms with Crippen molar-refractivity contribution in [2.45, 2.75) is 70.6 Å². The van der Waals surface area contributed by atoms with Crippen LogP contribution in [0.15, 0.2) is 0 Å². The molecule has 1 saturated carbocycles. The van der Waals surface area contributed by atoms with Gasteiger partial charge in [0.1, 0.15) is 0 Å². The van der Waals surface area contributed by atoms with Gasteiger partial charge in [-0.3, -0.25) is 0 Å². The molecule has 132 valence electrons. The number of piperidine rings is 1. The molecule has 0 spiro atoms. The fourth-order valence-corrected chi connectivity index (χ4v) is 4.24. The fraction of sp³-hybridized carbons (Fsp3) is 0.944. The van der Waals surface area contributed by atoms with Gasteiger partial charge in [-0.1, -0.05) is 13.8 Å². The number of carbonyl (C=O) groups excluding carboxylic acids is 1. The zero-order chi connectivity index (χ0) is 16.2. The molecule has 0 bridgehead atoms. The highest BCUT2D eigenvalue weighted by atomic mass is 16.6. The predicted molar refractivity (Wildman–Crippen MR) is 89.4 cm³/mol. The van der Waals surface area contributed by atoms with Crippen LogP contribution in [-0.2, 0) is 9.47 Å². The minimum absolute atomic E-state index is 0.140. The van der Waals surface area contributed by atoms with Crippen molar-refractivity contribution in [2.75, 3.05) is 26.3 Å². The van der Waals surface area contributed by atoms with Gasteiger partial charge >= 0.3 is 6.09 Å². The number of amides is 1. The summed E-state index contributed by atoms with van der Waals surface area (Å²) < 4.78 is 11.2. The Bertz CT molecular complexity index is 394. The summed E-state index contributed by atoms with van der Waals surface area (Å²) in [7, 11) is 0. The Hall–Kier alpha value is -0.810.